The number of amides is 1. The Morgan fingerprint density at radius 2 is 1.96 bits per heavy atom. The first-order chi connectivity index (χ1) is 13.5. The van der Waals surface area contributed by atoms with E-state index in [2.05, 4.69) is 11.1 Å². The summed E-state index contributed by atoms with van der Waals surface area (Å²) in [5, 5.41) is 11.0. The number of rotatable bonds is 2. The van der Waals surface area contributed by atoms with Gasteiger partial charge in [-0.05, 0) is 36.2 Å². The molecule has 3 aromatic rings. The van der Waals surface area contributed by atoms with Gasteiger partial charge < -0.3 is 5.73 Å². The number of carbonyl (C=O) groups is 1. The van der Waals surface area contributed by atoms with Gasteiger partial charge in [0.15, 0.2) is 0 Å². The zero-order chi connectivity index (χ0) is 19.8. The third kappa shape index (κ3) is 2.88. The highest BCUT2D eigenvalue weighted by Gasteiger charge is 2.35. The number of nitrogens with two attached hydrogens (primary N) is 1. The van der Waals surface area contributed by atoms with Crippen LogP contribution in [0.25, 0.3) is 10.9 Å². The molecule has 2 heterocycles. The Morgan fingerprint density at radius 1 is 1.21 bits per heavy atom. The summed E-state index contributed by atoms with van der Waals surface area (Å²) in [4.78, 5) is 18.8. The van der Waals surface area contributed by atoms with Gasteiger partial charge in [-0.3, -0.25) is 9.69 Å². The number of aryl methyl sites for hydroxylation is 1. The van der Waals surface area contributed by atoms with Gasteiger partial charge in [0.2, 0.25) is 5.91 Å². The lowest BCUT2D eigenvalue weighted by atomic mass is 9.85. The van der Waals surface area contributed by atoms with Crippen LogP contribution in [0.5, 0.6) is 0 Å². The summed E-state index contributed by atoms with van der Waals surface area (Å²) in [5.74, 6) is -0.578. The van der Waals surface area contributed by atoms with Crippen LogP contribution in [-0.4, -0.2) is 10.9 Å². The average molecular weight is 389 g/mol. The number of pyridine rings is 1. The van der Waals surface area contributed by atoms with Gasteiger partial charge >= 0.3 is 0 Å². The fourth-order valence-electron chi connectivity index (χ4n) is 3.65. The molecule has 4 rings (SSSR count). The minimum Gasteiger partial charge on any atom is -0.384 e. The molecule has 0 radical (unpaired) electrons. The van der Waals surface area contributed by atoms with E-state index >= 15 is 0 Å². The lowest BCUT2D eigenvalue weighted by molar-refractivity contribution is -0.118. The first-order valence-corrected chi connectivity index (χ1v) is 9.22. The molecule has 138 valence electrons. The van der Waals surface area contributed by atoms with E-state index in [9.17, 15) is 10.1 Å². The van der Waals surface area contributed by atoms with Crippen LogP contribution in [0.1, 0.15) is 23.5 Å². The molecule has 1 aromatic heterocycles. The van der Waals surface area contributed by atoms with Crippen LogP contribution in [0.3, 0.4) is 0 Å². The molecule has 0 aliphatic carbocycles. The van der Waals surface area contributed by atoms with Gasteiger partial charge in [0.1, 0.15) is 11.0 Å². The van der Waals surface area contributed by atoms with Gasteiger partial charge in [-0.2, -0.15) is 5.26 Å². The molecule has 1 amide bonds. The fourth-order valence-corrected chi connectivity index (χ4v) is 3.92. The Hall–Kier alpha value is -3.36. The average Bonchev–Trinajstić information content (AvgIpc) is 2.69. The largest absolute Gasteiger partial charge is 0.384 e. The topological polar surface area (TPSA) is 83.0 Å². The quantitative estimate of drug-likeness (QED) is 0.659. The maximum Gasteiger partial charge on any atom is 0.233 e. The lowest BCUT2D eigenvalue weighted by Crippen LogP contribution is -2.40. The smallest absolute Gasteiger partial charge is 0.233 e. The Balaban J connectivity index is 1.87. The number of allylic oxidation sites excluding steroid dienone is 1. The molecule has 1 aliphatic rings. The van der Waals surface area contributed by atoms with E-state index in [-0.39, 0.29) is 23.3 Å². The van der Waals surface area contributed by atoms with Crippen molar-refractivity contribution in [3.63, 3.8) is 0 Å². The Bertz CT molecular complexity index is 1160. The normalized spacial score (nSPS) is 17.1. The highest BCUT2D eigenvalue weighted by atomic mass is 35.5. The number of halogens is 1. The van der Waals surface area contributed by atoms with E-state index in [0.29, 0.717) is 16.8 Å². The summed E-state index contributed by atoms with van der Waals surface area (Å²) in [6, 6.07) is 19.0. The molecule has 0 spiro atoms. The molecule has 28 heavy (non-hydrogen) atoms. The third-order valence-electron chi connectivity index (χ3n) is 5.03. The SMILES string of the molecule is Cc1cccc2cc(C3CC(=O)N(c4ccccc4)C(N)=C3C#N)c(Cl)nc12. The second-order valence-corrected chi connectivity index (χ2v) is 7.11. The van der Waals surface area contributed by atoms with Crippen LogP contribution in [0.4, 0.5) is 5.69 Å². The maximum absolute atomic E-state index is 12.9. The van der Waals surface area contributed by atoms with Crippen molar-refractivity contribution in [2.75, 3.05) is 4.90 Å². The van der Waals surface area contributed by atoms with Gasteiger partial charge in [-0.25, -0.2) is 4.98 Å². The van der Waals surface area contributed by atoms with Crippen molar-refractivity contribution >= 4 is 34.1 Å². The first kappa shape index (κ1) is 18.0. The number of nitriles is 1. The highest BCUT2D eigenvalue weighted by molar-refractivity contribution is 6.30. The third-order valence-corrected chi connectivity index (χ3v) is 5.33. The first-order valence-electron chi connectivity index (χ1n) is 8.84. The van der Waals surface area contributed by atoms with E-state index in [1.165, 1.54) is 4.90 Å². The molecule has 0 saturated heterocycles. The standard InChI is InChI=1S/C22H17ClN4O/c1-13-6-5-7-14-10-17(21(23)26-20(13)14)16-11-19(28)27(22(25)18(16)12-24)15-8-3-2-4-9-15/h2-10,16H,11,25H2,1H3. The van der Waals surface area contributed by atoms with E-state index in [1.54, 1.807) is 12.1 Å². The minimum absolute atomic E-state index is 0.0945. The van der Waals surface area contributed by atoms with Crippen LogP contribution in [0.15, 0.2) is 66.0 Å². The van der Waals surface area contributed by atoms with Crippen LogP contribution in [0.2, 0.25) is 5.15 Å². The molecule has 1 aliphatic heterocycles. The maximum atomic E-state index is 12.9. The van der Waals surface area contributed by atoms with Crippen LogP contribution >= 0.6 is 11.6 Å². The van der Waals surface area contributed by atoms with E-state index in [1.807, 2.05) is 49.4 Å². The van der Waals surface area contributed by atoms with Crippen molar-refractivity contribution in [3.05, 3.63) is 82.3 Å². The summed E-state index contributed by atoms with van der Waals surface area (Å²) in [7, 11) is 0. The van der Waals surface area contributed by atoms with E-state index in [4.69, 9.17) is 17.3 Å². The summed E-state index contributed by atoms with van der Waals surface area (Å²) < 4.78 is 0. The van der Waals surface area contributed by atoms with Crippen LogP contribution in [0, 0.1) is 18.3 Å². The van der Waals surface area contributed by atoms with E-state index < -0.39 is 5.92 Å². The van der Waals surface area contributed by atoms with Crippen LogP contribution < -0.4 is 10.6 Å². The molecular formula is C22H17ClN4O. The van der Waals surface area contributed by atoms with Gasteiger partial charge in [0.25, 0.3) is 0 Å². The van der Waals surface area contributed by atoms with Crippen molar-refractivity contribution in [3.8, 4) is 6.07 Å². The number of carbonyl (C=O) groups excluding carboxylic acids is 1. The Kier molecular flexibility index (Phi) is 4.50. The monoisotopic (exact) mass is 388 g/mol. The summed E-state index contributed by atoms with van der Waals surface area (Å²) in [6.07, 6.45) is 0.0945. The fraction of sp³-hybridized carbons (Fsp3) is 0.136. The molecule has 0 bridgehead atoms. The molecule has 1 atom stereocenters. The second kappa shape index (κ2) is 6.99. The zero-order valence-electron chi connectivity index (χ0n) is 15.2. The van der Waals surface area contributed by atoms with Crippen LogP contribution in [-0.2, 0) is 4.79 Å². The summed E-state index contributed by atoms with van der Waals surface area (Å²) >= 11 is 6.47. The minimum atomic E-state index is -0.526. The molecular weight excluding hydrogens is 372 g/mol. The number of anilines is 1. The van der Waals surface area contributed by atoms with Crippen molar-refractivity contribution in [1.29, 1.82) is 5.26 Å². The van der Waals surface area contributed by atoms with Crippen molar-refractivity contribution in [2.45, 2.75) is 19.3 Å². The van der Waals surface area contributed by atoms with Crippen molar-refractivity contribution in [2.24, 2.45) is 5.73 Å². The number of aromatic nitrogens is 1. The van der Waals surface area contributed by atoms with Crippen molar-refractivity contribution in [1.82, 2.24) is 4.98 Å². The number of hydrogen-bond donors (Lipinski definition) is 1. The van der Waals surface area contributed by atoms with Gasteiger partial charge in [0, 0.05) is 17.7 Å². The zero-order valence-corrected chi connectivity index (χ0v) is 15.9. The number of benzene rings is 2. The number of hydrogen-bond acceptors (Lipinski definition) is 4. The molecule has 6 heteroatoms. The molecule has 2 aromatic carbocycles. The predicted octanol–water partition coefficient (Wildman–Crippen LogP) is 4.41. The van der Waals surface area contributed by atoms with Gasteiger partial charge in [-0.1, -0.05) is 48.0 Å². The lowest BCUT2D eigenvalue weighted by Gasteiger charge is -2.32. The molecule has 0 fully saturated rings. The Labute approximate surface area is 167 Å². The highest BCUT2D eigenvalue weighted by Crippen LogP contribution is 2.40. The van der Waals surface area contributed by atoms with Gasteiger partial charge in [0.05, 0.1) is 22.8 Å². The van der Waals surface area contributed by atoms with Gasteiger partial charge in [-0.15, -0.1) is 0 Å². The second-order valence-electron chi connectivity index (χ2n) is 6.75. The number of nitrogens with zero attached hydrogens (tertiary/aromatic N) is 3. The number of para-hydroxylation sites is 2. The number of fused-ring (bicyclic) bond motifs is 1. The summed E-state index contributed by atoms with van der Waals surface area (Å²) in [5.41, 5.74) is 9.68. The summed E-state index contributed by atoms with van der Waals surface area (Å²) in [6.45, 7) is 1.96. The molecule has 2 N–H and O–H groups in total. The Morgan fingerprint density at radius 3 is 2.68 bits per heavy atom. The molecule has 0 saturated carbocycles. The predicted molar refractivity (Wildman–Crippen MR) is 110 cm³/mol. The van der Waals surface area contributed by atoms with E-state index in [0.717, 1.165) is 16.5 Å². The molecule has 1 unspecified atom stereocenters. The molecule has 5 nitrogen and oxygen atoms in total. The van der Waals surface area contributed by atoms with Crippen molar-refractivity contribution < 1.29 is 4.79 Å².